The van der Waals surface area contributed by atoms with Crippen molar-refractivity contribution in [1.82, 2.24) is 20.2 Å². The fourth-order valence-electron chi connectivity index (χ4n) is 2.43. The SMILES string of the molecule is CNCC(c1nc(C)[nH]c1C)N1CCOCC1. The second-order valence-electron chi connectivity index (χ2n) is 4.55. The molecule has 1 aliphatic rings. The first-order valence-electron chi connectivity index (χ1n) is 6.22. The van der Waals surface area contributed by atoms with Crippen molar-refractivity contribution in [2.24, 2.45) is 0 Å². The summed E-state index contributed by atoms with van der Waals surface area (Å²) in [5, 5.41) is 3.26. The number of hydrogen-bond acceptors (Lipinski definition) is 4. The van der Waals surface area contributed by atoms with Gasteiger partial charge in [0, 0.05) is 25.3 Å². The number of imidazole rings is 1. The highest BCUT2D eigenvalue weighted by molar-refractivity contribution is 5.17. The summed E-state index contributed by atoms with van der Waals surface area (Å²) in [6.07, 6.45) is 0. The lowest BCUT2D eigenvalue weighted by molar-refractivity contribution is 0.0156. The number of nitrogens with zero attached hydrogens (tertiary/aromatic N) is 2. The number of H-pyrrole nitrogens is 1. The molecule has 0 bridgehead atoms. The molecule has 5 heteroatoms. The molecule has 1 aromatic heterocycles. The minimum Gasteiger partial charge on any atom is -0.379 e. The summed E-state index contributed by atoms with van der Waals surface area (Å²) in [5.41, 5.74) is 2.34. The van der Waals surface area contributed by atoms with Gasteiger partial charge in [0.1, 0.15) is 5.82 Å². The van der Waals surface area contributed by atoms with Crippen LogP contribution >= 0.6 is 0 Å². The third-order valence-corrected chi connectivity index (χ3v) is 3.24. The molecule has 1 aromatic rings. The number of aromatic nitrogens is 2. The van der Waals surface area contributed by atoms with Crippen molar-refractivity contribution >= 4 is 0 Å². The molecule has 1 unspecified atom stereocenters. The molecule has 2 heterocycles. The molecule has 2 rings (SSSR count). The minimum absolute atomic E-state index is 0.342. The number of aryl methyl sites for hydroxylation is 2. The van der Waals surface area contributed by atoms with Gasteiger partial charge in [0.15, 0.2) is 0 Å². The van der Waals surface area contributed by atoms with Gasteiger partial charge in [-0.05, 0) is 20.9 Å². The predicted octanol–water partition coefficient (Wildman–Crippen LogP) is 0.619. The van der Waals surface area contributed by atoms with E-state index in [0.717, 1.165) is 38.7 Å². The van der Waals surface area contributed by atoms with Gasteiger partial charge in [0.05, 0.1) is 24.9 Å². The Kier molecular flexibility index (Phi) is 4.15. The lowest BCUT2D eigenvalue weighted by Crippen LogP contribution is -2.42. The van der Waals surface area contributed by atoms with Crippen LogP contribution in [0.4, 0.5) is 0 Å². The highest BCUT2D eigenvalue weighted by atomic mass is 16.5. The van der Waals surface area contributed by atoms with Crippen LogP contribution in [0.25, 0.3) is 0 Å². The van der Waals surface area contributed by atoms with Crippen molar-refractivity contribution in [2.75, 3.05) is 39.9 Å². The molecule has 1 saturated heterocycles. The van der Waals surface area contributed by atoms with Crippen LogP contribution in [0.3, 0.4) is 0 Å². The second-order valence-corrected chi connectivity index (χ2v) is 4.55. The molecule has 1 aliphatic heterocycles. The van der Waals surface area contributed by atoms with Gasteiger partial charge in [-0.1, -0.05) is 0 Å². The normalized spacial score (nSPS) is 19.5. The summed E-state index contributed by atoms with van der Waals surface area (Å²) in [7, 11) is 1.99. The van der Waals surface area contributed by atoms with Gasteiger partial charge < -0.3 is 15.0 Å². The van der Waals surface area contributed by atoms with Gasteiger partial charge in [0.2, 0.25) is 0 Å². The number of ether oxygens (including phenoxy) is 1. The van der Waals surface area contributed by atoms with E-state index < -0.39 is 0 Å². The summed E-state index contributed by atoms with van der Waals surface area (Å²) < 4.78 is 5.41. The number of aromatic amines is 1. The van der Waals surface area contributed by atoms with Gasteiger partial charge in [-0.3, -0.25) is 4.90 Å². The zero-order chi connectivity index (χ0) is 12.3. The summed E-state index contributed by atoms with van der Waals surface area (Å²) in [6, 6.07) is 0.342. The van der Waals surface area contributed by atoms with E-state index in [1.807, 2.05) is 14.0 Å². The second kappa shape index (κ2) is 5.62. The van der Waals surface area contributed by atoms with Crippen molar-refractivity contribution in [2.45, 2.75) is 19.9 Å². The molecule has 1 atom stereocenters. The Balaban J connectivity index is 2.18. The molecule has 0 aromatic carbocycles. The average molecular weight is 238 g/mol. The van der Waals surface area contributed by atoms with Gasteiger partial charge >= 0.3 is 0 Å². The maximum atomic E-state index is 5.41. The first kappa shape index (κ1) is 12.5. The smallest absolute Gasteiger partial charge is 0.103 e. The van der Waals surface area contributed by atoms with Crippen molar-refractivity contribution in [3.05, 3.63) is 17.2 Å². The third-order valence-electron chi connectivity index (χ3n) is 3.24. The van der Waals surface area contributed by atoms with Gasteiger partial charge in [0.25, 0.3) is 0 Å². The minimum atomic E-state index is 0.342. The Bertz CT molecular complexity index is 357. The maximum Gasteiger partial charge on any atom is 0.103 e. The molecule has 0 spiro atoms. The molecule has 0 aliphatic carbocycles. The molecule has 17 heavy (non-hydrogen) atoms. The number of nitrogens with one attached hydrogen (secondary N) is 2. The van der Waals surface area contributed by atoms with Crippen molar-refractivity contribution in [3.8, 4) is 0 Å². The summed E-state index contributed by atoms with van der Waals surface area (Å²) in [5.74, 6) is 0.992. The maximum absolute atomic E-state index is 5.41. The predicted molar refractivity (Wildman–Crippen MR) is 67.1 cm³/mol. The molecule has 5 nitrogen and oxygen atoms in total. The van der Waals surface area contributed by atoms with Gasteiger partial charge in [-0.15, -0.1) is 0 Å². The Morgan fingerprint density at radius 2 is 2.12 bits per heavy atom. The molecular weight excluding hydrogens is 216 g/mol. The quantitative estimate of drug-likeness (QED) is 0.807. The van der Waals surface area contributed by atoms with Crippen LogP contribution in [0, 0.1) is 13.8 Å². The lowest BCUT2D eigenvalue weighted by atomic mass is 10.1. The van der Waals surface area contributed by atoms with Crippen LogP contribution < -0.4 is 5.32 Å². The van der Waals surface area contributed by atoms with Crippen molar-refractivity contribution in [1.29, 1.82) is 0 Å². The van der Waals surface area contributed by atoms with E-state index in [0.29, 0.717) is 6.04 Å². The summed E-state index contributed by atoms with van der Waals surface area (Å²) in [4.78, 5) is 10.4. The van der Waals surface area contributed by atoms with Crippen molar-refractivity contribution in [3.63, 3.8) is 0 Å². The zero-order valence-corrected chi connectivity index (χ0v) is 10.9. The summed E-state index contributed by atoms with van der Waals surface area (Å²) in [6.45, 7) is 8.64. The van der Waals surface area contributed by atoms with Crippen LogP contribution in [0.5, 0.6) is 0 Å². The topological polar surface area (TPSA) is 53.2 Å². The Morgan fingerprint density at radius 1 is 1.41 bits per heavy atom. The van der Waals surface area contributed by atoms with Crippen LogP contribution in [0.15, 0.2) is 0 Å². The molecule has 1 fully saturated rings. The number of morpholine rings is 1. The Hall–Kier alpha value is -0.910. The largest absolute Gasteiger partial charge is 0.379 e. The van der Waals surface area contributed by atoms with E-state index in [4.69, 9.17) is 4.74 Å². The lowest BCUT2D eigenvalue weighted by Gasteiger charge is -2.33. The van der Waals surface area contributed by atoms with E-state index in [-0.39, 0.29) is 0 Å². The number of rotatable bonds is 4. The van der Waals surface area contributed by atoms with Crippen LogP contribution in [0.1, 0.15) is 23.3 Å². The van der Waals surface area contributed by atoms with E-state index in [2.05, 4.69) is 27.1 Å². The number of hydrogen-bond donors (Lipinski definition) is 2. The first-order valence-corrected chi connectivity index (χ1v) is 6.22. The highest BCUT2D eigenvalue weighted by Gasteiger charge is 2.25. The van der Waals surface area contributed by atoms with E-state index >= 15 is 0 Å². The molecular formula is C12H22N4O. The monoisotopic (exact) mass is 238 g/mol. The Labute approximate surface area is 103 Å². The van der Waals surface area contributed by atoms with Gasteiger partial charge in [-0.25, -0.2) is 4.98 Å². The van der Waals surface area contributed by atoms with Crippen LogP contribution in [0.2, 0.25) is 0 Å². The Morgan fingerprint density at radius 3 is 2.65 bits per heavy atom. The third kappa shape index (κ3) is 2.86. The molecule has 0 radical (unpaired) electrons. The summed E-state index contributed by atoms with van der Waals surface area (Å²) >= 11 is 0. The molecule has 0 saturated carbocycles. The highest BCUT2D eigenvalue weighted by Crippen LogP contribution is 2.22. The first-order chi connectivity index (χ1) is 8.22. The standard InChI is InChI=1S/C12H22N4O/c1-9-12(15-10(2)14-9)11(8-13-3)16-4-6-17-7-5-16/h11,13H,4-8H2,1-3H3,(H,14,15). The van der Waals surface area contributed by atoms with E-state index in [1.165, 1.54) is 11.4 Å². The fraction of sp³-hybridized carbons (Fsp3) is 0.750. The van der Waals surface area contributed by atoms with Gasteiger partial charge in [-0.2, -0.15) is 0 Å². The molecule has 2 N–H and O–H groups in total. The molecule has 0 amide bonds. The van der Waals surface area contributed by atoms with E-state index in [9.17, 15) is 0 Å². The fourth-order valence-corrected chi connectivity index (χ4v) is 2.43. The van der Waals surface area contributed by atoms with Crippen LogP contribution in [-0.2, 0) is 4.74 Å². The van der Waals surface area contributed by atoms with Crippen molar-refractivity contribution < 1.29 is 4.74 Å². The average Bonchev–Trinajstić information content (AvgIpc) is 2.66. The zero-order valence-electron chi connectivity index (χ0n) is 10.9. The molecule has 96 valence electrons. The van der Waals surface area contributed by atoms with E-state index in [1.54, 1.807) is 0 Å². The van der Waals surface area contributed by atoms with Crippen LogP contribution in [-0.4, -0.2) is 54.8 Å². The number of likely N-dealkylation sites (N-methyl/N-ethyl adjacent to an activating group) is 1.